The Labute approximate surface area is 152 Å². The quantitative estimate of drug-likeness (QED) is 0.540. The fraction of sp³-hybridized carbons (Fsp3) is 0.636. The molecule has 0 aromatic heterocycles. The lowest BCUT2D eigenvalue weighted by Crippen LogP contribution is -2.21. The molecule has 140 valence electrons. The van der Waals surface area contributed by atoms with Gasteiger partial charge in [0.05, 0.1) is 5.92 Å². The summed E-state index contributed by atoms with van der Waals surface area (Å²) in [6.45, 7) is 14.5. The van der Waals surface area contributed by atoms with Gasteiger partial charge in [0.25, 0.3) is 0 Å². The summed E-state index contributed by atoms with van der Waals surface area (Å²) in [5.74, 6) is -0.457. The molecule has 1 unspecified atom stereocenters. The molecule has 1 rings (SSSR count). The van der Waals surface area contributed by atoms with Crippen LogP contribution in [-0.2, 0) is 20.4 Å². The number of aromatic hydroxyl groups is 1. The Morgan fingerprint density at radius 2 is 1.40 bits per heavy atom. The van der Waals surface area contributed by atoms with Crippen LogP contribution in [0.25, 0.3) is 0 Å². The van der Waals surface area contributed by atoms with Crippen molar-refractivity contribution in [1.29, 1.82) is 0 Å². The highest BCUT2D eigenvalue weighted by Crippen LogP contribution is 2.42. The number of carbonyl (C=O) groups is 2. The van der Waals surface area contributed by atoms with E-state index in [4.69, 9.17) is 0 Å². The van der Waals surface area contributed by atoms with E-state index in [0.717, 1.165) is 48.5 Å². The van der Waals surface area contributed by atoms with Gasteiger partial charge in [-0.2, -0.15) is 0 Å². The van der Waals surface area contributed by atoms with Crippen LogP contribution < -0.4 is 0 Å². The van der Waals surface area contributed by atoms with E-state index in [1.807, 2.05) is 12.1 Å². The maximum atomic E-state index is 11.5. The zero-order valence-corrected chi connectivity index (χ0v) is 16.8. The molecule has 1 atom stereocenters. The fourth-order valence-corrected chi connectivity index (χ4v) is 3.24. The smallest absolute Gasteiger partial charge is 0.130 e. The fourth-order valence-electron chi connectivity index (χ4n) is 3.24. The SMILES string of the molecule is CCCCC(c1cc(C(C)(C)C)c(O)c(C(C)(C)C)c1)C(C=O)C=O. The lowest BCUT2D eigenvalue weighted by atomic mass is 9.74. The van der Waals surface area contributed by atoms with Crippen molar-refractivity contribution < 1.29 is 14.7 Å². The van der Waals surface area contributed by atoms with Crippen LogP contribution in [0.5, 0.6) is 5.75 Å². The van der Waals surface area contributed by atoms with E-state index in [1.54, 1.807) is 0 Å². The summed E-state index contributed by atoms with van der Waals surface area (Å²) in [5, 5.41) is 10.9. The van der Waals surface area contributed by atoms with Gasteiger partial charge in [-0.1, -0.05) is 73.4 Å². The minimum Gasteiger partial charge on any atom is -0.507 e. The van der Waals surface area contributed by atoms with Crippen molar-refractivity contribution in [2.75, 3.05) is 0 Å². The van der Waals surface area contributed by atoms with Gasteiger partial charge in [-0.25, -0.2) is 0 Å². The number of rotatable bonds is 7. The average molecular weight is 347 g/mol. The van der Waals surface area contributed by atoms with Gasteiger partial charge >= 0.3 is 0 Å². The molecule has 0 aliphatic heterocycles. The van der Waals surface area contributed by atoms with E-state index in [0.29, 0.717) is 5.75 Å². The van der Waals surface area contributed by atoms with Crippen molar-refractivity contribution in [3.8, 4) is 5.75 Å². The van der Waals surface area contributed by atoms with Gasteiger partial charge in [-0.15, -0.1) is 0 Å². The zero-order chi connectivity index (χ0) is 19.4. The van der Waals surface area contributed by atoms with E-state index in [9.17, 15) is 14.7 Å². The van der Waals surface area contributed by atoms with E-state index in [-0.39, 0.29) is 16.7 Å². The van der Waals surface area contributed by atoms with Gasteiger partial charge in [-0.3, -0.25) is 0 Å². The Hall–Kier alpha value is -1.64. The summed E-state index contributed by atoms with van der Waals surface area (Å²) in [4.78, 5) is 22.9. The standard InChI is InChI=1S/C22H34O3/c1-8-9-10-17(16(13-23)14-24)15-11-18(21(2,3)4)20(25)19(12-15)22(5,6)7/h11-14,16-17,25H,8-10H2,1-7H3. The molecule has 25 heavy (non-hydrogen) atoms. The number of carbonyl (C=O) groups excluding carboxylic acids is 2. The molecular weight excluding hydrogens is 312 g/mol. The monoisotopic (exact) mass is 346 g/mol. The maximum Gasteiger partial charge on any atom is 0.130 e. The summed E-state index contributed by atoms with van der Waals surface area (Å²) in [6, 6.07) is 3.98. The highest BCUT2D eigenvalue weighted by molar-refractivity contribution is 5.79. The number of unbranched alkanes of at least 4 members (excludes halogenated alkanes) is 1. The first-order valence-electron chi connectivity index (χ1n) is 9.25. The molecule has 3 nitrogen and oxygen atoms in total. The first-order chi connectivity index (χ1) is 11.5. The lowest BCUT2D eigenvalue weighted by Gasteiger charge is -2.30. The number of phenols is 1. The van der Waals surface area contributed by atoms with E-state index in [1.165, 1.54) is 0 Å². The number of phenolic OH excluding ortho intramolecular Hbond substituents is 1. The van der Waals surface area contributed by atoms with Crippen molar-refractivity contribution in [1.82, 2.24) is 0 Å². The van der Waals surface area contributed by atoms with Crippen LogP contribution in [0.3, 0.4) is 0 Å². The molecule has 0 fully saturated rings. The number of aldehydes is 2. The van der Waals surface area contributed by atoms with Crippen molar-refractivity contribution in [3.05, 3.63) is 28.8 Å². The highest BCUT2D eigenvalue weighted by Gasteiger charge is 2.30. The minimum absolute atomic E-state index is 0.141. The molecule has 1 N–H and O–H groups in total. The Kier molecular flexibility index (Phi) is 6.99. The van der Waals surface area contributed by atoms with Gasteiger partial charge in [0.1, 0.15) is 18.3 Å². The molecule has 0 spiro atoms. The molecule has 0 radical (unpaired) electrons. The molecule has 0 bridgehead atoms. The van der Waals surface area contributed by atoms with Gasteiger partial charge in [0.2, 0.25) is 0 Å². The topological polar surface area (TPSA) is 54.4 Å². The summed E-state index contributed by atoms with van der Waals surface area (Å²) < 4.78 is 0. The van der Waals surface area contributed by atoms with Crippen LogP contribution in [0.15, 0.2) is 12.1 Å². The first-order valence-corrected chi connectivity index (χ1v) is 9.25. The lowest BCUT2D eigenvalue weighted by molar-refractivity contribution is -0.120. The van der Waals surface area contributed by atoms with Gasteiger partial charge in [-0.05, 0) is 33.9 Å². The minimum atomic E-state index is -0.642. The zero-order valence-electron chi connectivity index (χ0n) is 16.8. The molecule has 0 saturated heterocycles. The second-order valence-electron chi connectivity index (χ2n) is 9.06. The highest BCUT2D eigenvalue weighted by atomic mass is 16.3. The van der Waals surface area contributed by atoms with Crippen LogP contribution in [0.2, 0.25) is 0 Å². The Morgan fingerprint density at radius 1 is 0.960 bits per heavy atom. The van der Waals surface area contributed by atoms with E-state index < -0.39 is 5.92 Å². The Bertz CT molecular complexity index is 560. The molecule has 0 saturated carbocycles. The molecule has 0 heterocycles. The van der Waals surface area contributed by atoms with Crippen LogP contribution in [0, 0.1) is 5.92 Å². The molecule has 3 heteroatoms. The largest absolute Gasteiger partial charge is 0.507 e. The second-order valence-corrected chi connectivity index (χ2v) is 9.06. The number of hydrogen-bond donors (Lipinski definition) is 1. The second kappa shape index (κ2) is 8.16. The van der Waals surface area contributed by atoms with Gasteiger partial charge in [0, 0.05) is 5.92 Å². The summed E-state index contributed by atoms with van der Waals surface area (Å²) >= 11 is 0. The third kappa shape index (κ3) is 5.17. The van der Waals surface area contributed by atoms with Crippen molar-refractivity contribution >= 4 is 12.6 Å². The third-order valence-electron chi connectivity index (χ3n) is 4.82. The predicted molar refractivity (Wildman–Crippen MR) is 103 cm³/mol. The Balaban J connectivity index is 3.64. The van der Waals surface area contributed by atoms with Crippen LogP contribution in [0.4, 0.5) is 0 Å². The normalized spacial score (nSPS) is 13.8. The van der Waals surface area contributed by atoms with Gasteiger partial charge < -0.3 is 14.7 Å². The molecule has 0 aliphatic carbocycles. The molecule has 0 amide bonds. The van der Waals surface area contributed by atoms with E-state index in [2.05, 4.69) is 48.5 Å². The molecular formula is C22H34O3. The van der Waals surface area contributed by atoms with Gasteiger partial charge in [0.15, 0.2) is 0 Å². The summed E-state index contributed by atoms with van der Waals surface area (Å²) in [5.41, 5.74) is 2.25. The van der Waals surface area contributed by atoms with Crippen LogP contribution in [0.1, 0.15) is 90.3 Å². The summed E-state index contributed by atoms with van der Waals surface area (Å²) in [7, 11) is 0. The molecule has 0 aliphatic rings. The predicted octanol–water partition coefficient (Wildman–Crippen LogP) is 5.28. The van der Waals surface area contributed by atoms with E-state index >= 15 is 0 Å². The number of benzene rings is 1. The maximum absolute atomic E-state index is 11.5. The molecule has 1 aromatic rings. The summed E-state index contributed by atoms with van der Waals surface area (Å²) in [6.07, 6.45) is 4.27. The van der Waals surface area contributed by atoms with Crippen molar-refractivity contribution in [2.24, 2.45) is 5.92 Å². The first kappa shape index (κ1) is 21.4. The molecule has 1 aromatic carbocycles. The third-order valence-corrected chi connectivity index (χ3v) is 4.82. The van der Waals surface area contributed by atoms with Crippen LogP contribution >= 0.6 is 0 Å². The van der Waals surface area contributed by atoms with Crippen molar-refractivity contribution in [3.63, 3.8) is 0 Å². The van der Waals surface area contributed by atoms with Crippen molar-refractivity contribution in [2.45, 2.75) is 84.5 Å². The Morgan fingerprint density at radius 3 is 1.72 bits per heavy atom. The van der Waals surface area contributed by atoms with Crippen LogP contribution in [-0.4, -0.2) is 17.7 Å². The number of hydrogen-bond acceptors (Lipinski definition) is 3. The average Bonchev–Trinajstić information content (AvgIpc) is 2.49.